The summed E-state index contributed by atoms with van der Waals surface area (Å²) in [4.78, 5) is 20.9. The summed E-state index contributed by atoms with van der Waals surface area (Å²) in [6.07, 6.45) is 1.99. The maximum absolute atomic E-state index is 12.1. The van der Waals surface area contributed by atoms with E-state index in [-0.39, 0.29) is 12.3 Å². The second kappa shape index (κ2) is 8.47. The molecule has 7 heteroatoms. The van der Waals surface area contributed by atoms with E-state index in [1.54, 1.807) is 12.3 Å². The molecule has 0 atom stereocenters. The molecule has 4 nitrogen and oxygen atoms in total. The van der Waals surface area contributed by atoms with Gasteiger partial charge in [-0.3, -0.25) is 4.79 Å². The van der Waals surface area contributed by atoms with Gasteiger partial charge in [-0.1, -0.05) is 41.1 Å². The first kappa shape index (κ1) is 17.9. The molecule has 0 saturated heterocycles. The van der Waals surface area contributed by atoms with Gasteiger partial charge in [-0.25, -0.2) is 9.97 Å². The van der Waals surface area contributed by atoms with Gasteiger partial charge in [-0.2, -0.15) is 0 Å². The van der Waals surface area contributed by atoms with Gasteiger partial charge in [-0.15, -0.1) is 11.3 Å². The van der Waals surface area contributed by atoms with Gasteiger partial charge in [0.2, 0.25) is 5.91 Å². The van der Waals surface area contributed by atoms with Gasteiger partial charge in [0.15, 0.2) is 0 Å². The number of halogens is 1. The quantitative estimate of drug-likeness (QED) is 0.604. The number of nitrogens with zero attached hydrogens (tertiary/aromatic N) is 2. The van der Waals surface area contributed by atoms with Crippen LogP contribution in [0, 0.1) is 6.92 Å². The Bertz CT molecular complexity index is 865. The third-order valence-electron chi connectivity index (χ3n) is 3.33. The minimum absolute atomic E-state index is 0.0647. The molecular formula is C18H16ClN3OS2. The van der Waals surface area contributed by atoms with Crippen LogP contribution in [0.5, 0.6) is 0 Å². The lowest BCUT2D eigenvalue weighted by Crippen LogP contribution is -2.14. The van der Waals surface area contributed by atoms with Crippen LogP contribution in [-0.2, 0) is 17.0 Å². The standard InChI is InChI=1S/C18H16ClN3OS2/c1-12-4-6-13(7-5-12)21-16(23)9-17-22-14(10-24-17)11-25-18-15(19)3-2-8-20-18/h2-8,10H,9,11H2,1H3,(H,21,23). The van der Waals surface area contributed by atoms with Crippen LogP contribution in [-0.4, -0.2) is 15.9 Å². The molecule has 0 unspecified atom stereocenters. The largest absolute Gasteiger partial charge is 0.326 e. The maximum atomic E-state index is 12.1. The summed E-state index contributed by atoms with van der Waals surface area (Å²) in [5, 5.41) is 7.08. The van der Waals surface area contributed by atoms with E-state index in [0.29, 0.717) is 10.8 Å². The lowest BCUT2D eigenvalue weighted by molar-refractivity contribution is -0.115. The average Bonchev–Trinajstić information content (AvgIpc) is 3.03. The van der Waals surface area contributed by atoms with Gasteiger partial charge in [-0.05, 0) is 31.2 Å². The number of anilines is 1. The number of carbonyl (C=O) groups excluding carboxylic acids is 1. The minimum Gasteiger partial charge on any atom is -0.326 e. The molecule has 1 N–H and O–H groups in total. The number of rotatable bonds is 6. The molecule has 0 fully saturated rings. The molecule has 0 aliphatic carbocycles. The lowest BCUT2D eigenvalue weighted by Gasteiger charge is -2.04. The summed E-state index contributed by atoms with van der Waals surface area (Å²) >= 11 is 9.13. The average molecular weight is 390 g/mol. The Kier molecular flexibility index (Phi) is 6.07. The summed E-state index contributed by atoms with van der Waals surface area (Å²) in [5.41, 5.74) is 2.88. The van der Waals surface area contributed by atoms with Crippen LogP contribution in [0.4, 0.5) is 5.69 Å². The molecule has 1 aromatic carbocycles. The van der Waals surface area contributed by atoms with E-state index >= 15 is 0 Å². The number of thioether (sulfide) groups is 1. The summed E-state index contributed by atoms with van der Waals surface area (Å²) in [6.45, 7) is 2.01. The molecule has 3 rings (SSSR count). The first-order valence-corrected chi connectivity index (χ1v) is 9.87. The number of carbonyl (C=O) groups is 1. The van der Waals surface area contributed by atoms with Gasteiger partial charge < -0.3 is 5.32 Å². The Hall–Kier alpha value is -1.89. The number of hydrogen-bond donors (Lipinski definition) is 1. The summed E-state index contributed by atoms with van der Waals surface area (Å²) in [7, 11) is 0. The third-order valence-corrected chi connectivity index (χ3v) is 5.68. The van der Waals surface area contributed by atoms with Crippen LogP contribution in [0.25, 0.3) is 0 Å². The fraction of sp³-hybridized carbons (Fsp3) is 0.167. The Morgan fingerprint density at radius 3 is 2.84 bits per heavy atom. The zero-order valence-corrected chi connectivity index (χ0v) is 15.9. The van der Waals surface area contributed by atoms with Gasteiger partial charge in [0.25, 0.3) is 0 Å². The monoisotopic (exact) mass is 389 g/mol. The highest BCUT2D eigenvalue weighted by atomic mass is 35.5. The summed E-state index contributed by atoms with van der Waals surface area (Å²) < 4.78 is 0. The SMILES string of the molecule is Cc1ccc(NC(=O)Cc2nc(CSc3ncccc3Cl)cs2)cc1. The van der Waals surface area contributed by atoms with E-state index in [1.165, 1.54) is 23.1 Å². The Morgan fingerprint density at radius 2 is 2.08 bits per heavy atom. The number of hydrogen-bond acceptors (Lipinski definition) is 5. The van der Waals surface area contributed by atoms with Gasteiger partial charge >= 0.3 is 0 Å². The molecule has 2 aromatic heterocycles. The molecule has 1 amide bonds. The minimum atomic E-state index is -0.0647. The normalized spacial score (nSPS) is 10.6. The van der Waals surface area contributed by atoms with Crippen molar-refractivity contribution in [2.24, 2.45) is 0 Å². The Morgan fingerprint density at radius 1 is 1.28 bits per heavy atom. The zero-order chi connectivity index (χ0) is 17.6. The number of benzene rings is 1. The van der Waals surface area contributed by atoms with Gasteiger partial charge in [0, 0.05) is 23.0 Å². The summed E-state index contributed by atoms with van der Waals surface area (Å²) in [5.74, 6) is 0.609. The number of aromatic nitrogens is 2. The van der Waals surface area contributed by atoms with Crippen molar-refractivity contribution in [2.75, 3.05) is 5.32 Å². The molecule has 2 heterocycles. The molecular weight excluding hydrogens is 374 g/mol. The number of aryl methyl sites for hydroxylation is 1. The van der Waals surface area contributed by atoms with E-state index in [4.69, 9.17) is 11.6 Å². The maximum Gasteiger partial charge on any atom is 0.231 e. The predicted molar refractivity (Wildman–Crippen MR) is 104 cm³/mol. The molecule has 0 bridgehead atoms. The number of nitrogens with one attached hydrogen (secondary N) is 1. The molecule has 0 saturated carbocycles. The summed E-state index contributed by atoms with van der Waals surface area (Å²) in [6, 6.07) is 11.4. The molecule has 0 radical (unpaired) electrons. The molecule has 128 valence electrons. The Labute approximate surface area is 159 Å². The molecule has 0 aliphatic heterocycles. The molecule has 0 spiro atoms. The van der Waals surface area contributed by atoms with Crippen molar-refractivity contribution in [3.8, 4) is 0 Å². The highest BCUT2D eigenvalue weighted by molar-refractivity contribution is 7.98. The second-order valence-corrected chi connectivity index (χ2v) is 7.72. The third kappa shape index (κ3) is 5.29. The first-order valence-electron chi connectivity index (χ1n) is 7.63. The number of amides is 1. The van der Waals surface area contributed by atoms with Crippen molar-refractivity contribution in [3.63, 3.8) is 0 Å². The highest BCUT2D eigenvalue weighted by Gasteiger charge is 2.10. The van der Waals surface area contributed by atoms with Crippen molar-refractivity contribution in [3.05, 3.63) is 69.3 Å². The highest BCUT2D eigenvalue weighted by Crippen LogP contribution is 2.27. The van der Waals surface area contributed by atoms with Crippen molar-refractivity contribution >= 4 is 46.3 Å². The number of thiazole rings is 1. The van der Waals surface area contributed by atoms with Crippen LogP contribution in [0.2, 0.25) is 5.02 Å². The topological polar surface area (TPSA) is 54.9 Å². The van der Waals surface area contributed by atoms with E-state index in [0.717, 1.165) is 27.0 Å². The molecule has 0 aliphatic rings. The smallest absolute Gasteiger partial charge is 0.231 e. The van der Waals surface area contributed by atoms with Crippen LogP contribution >= 0.6 is 34.7 Å². The van der Waals surface area contributed by atoms with Crippen LogP contribution in [0.3, 0.4) is 0 Å². The molecule has 3 aromatic rings. The van der Waals surface area contributed by atoms with E-state index in [2.05, 4.69) is 15.3 Å². The number of pyridine rings is 1. The van der Waals surface area contributed by atoms with Gasteiger partial charge in [0.1, 0.15) is 10.0 Å². The predicted octanol–water partition coefficient (Wildman–Crippen LogP) is 4.97. The van der Waals surface area contributed by atoms with E-state index < -0.39 is 0 Å². The molecule has 25 heavy (non-hydrogen) atoms. The Balaban J connectivity index is 1.53. The fourth-order valence-electron chi connectivity index (χ4n) is 2.10. The zero-order valence-electron chi connectivity index (χ0n) is 13.5. The second-order valence-electron chi connectivity index (χ2n) is 5.40. The van der Waals surface area contributed by atoms with Crippen LogP contribution in [0.15, 0.2) is 53.0 Å². The van der Waals surface area contributed by atoms with Crippen molar-refractivity contribution < 1.29 is 4.79 Å². The van der Waals surface area contributed by atoms with Crippen molar-refractivity contribution in [1.29, 1.82) is 0 Å². The van der Waals surface area contributed by atoms with Gasteiger partial charge in [0.05, 0.1) is 17.1 Å². The van der Waals surface area contributed by atoms with Crippen LogP contribution in [0.1, 0.15) is 16.3 Å². The fourth-order valence-corrected chi connectivity index (χ4v) is 4.05. The van der Waals surface area contributed by atoms with Crippen molar-refractivity contribution in [1.82, 2.24) is 9.97 Å². The van der Waals surface area contributed by atoms with Crippen molar-refractivity contribution in [2.45, 2.75) is 24.1 Å². The van der Waals surface area contributed by atoms with E-state index in [1.807, 2.05) is 42.6 Å². The lowest BCUT2D eigenvalue weighted by atomic mass is 10.2. The first-order chi connectivity index (χ1) is 12.1. The van der Waals surface area contributed by atoms with E-state index in [9.17, 15) is 4.79 Å². The van der Waals surface area contributed by atoms with Crippen LogP contribution < -0.4 is 5.32 Å².